The number of aldehydes is 1. The van der Waals surface area contributed by atoms with Crippen LogP contribution in [-0.2, 0) is 11.2 Å². The van der Waals surface area contributed by atoms with E-state index in [1.165, 1.54) is 25.7 Å². The molecule has 26 heavy (non-hydrogen) atoms. The first-order valence-corrected chi connectivity index (χ1v) is 10.5. The average molecular weight is 418 g/mol. The van der Waals surface area contributed by atoms with Crippen molar-refractivity contribution in [1.29, 1.82) is 0 Å². The average Bonchev–Trinajstić information content (AvgIpc) is 2.66. The summed E-state index contributed by atoms with van der Waals surface area (Å²) in [5.41, 5.74) is 3.02. The minimum absolute atomic E-state index is 0.395. The fraction of sp³-hybridized carbons (Fsp3) is 0.524. The highest BCUT2D eigenvalue weighted by atomic mass is 79.9. The van der Waals surface area contributed by atoms with Gasteiger partial charge in [0.1, 0.15) is 6.29 Å². The van der Waals surface area contributed by atoms with Crippen LogP contribution in [0.15, 0.2) is 28.9 Å². The molecule has 2 aromatic rings. The van der Waals surface area contributed by atoms with Crippen molar-refractivity contribution in [3.63, 3.8) is 0 Å². The predicted molar refractivity (Wildman–Crippen MR) is 112 cm³/mol. The van der Waals surface area contributed by atoms with Crippen LogP contribution in [0.4, 0.5) is 5.69 Å². The number of benzene rings is 1. The third-order valence-corrected chi connectivity index (χ3v) is 6.08. The molecule has 0 aliphatic heterocycles. The molecular formula is C21H28BrN3O. The van der Waals surface area contributed by atoms with Gasteiger partial charge in [-0.05, 0) is 57.0 Å². The van der Waals surface area contributed by atoms with Gasteiger partial charge in [-0.3, -0.25) is 4.98 Å². The van der Waals surface area contributed by atoms with Crippen LogP contribution in [0, 0.1) is 0 Å². The van der Waals surface area contributed by atoms with E-state index in [2.05, 4.69) is 51.0 Å². The molecule has 3 rings (SSSR count). The fourth-order valence-electron chi connectivity index (χ4n) is 4.15. The lowest BCUT2D eigenvalue weighted by molar-refractivity contribution is -0.107. The number of carbonyl (C=O) groups is 1. The fourth-order valence-corrected chi connectivity index (χ4v) is 4.51. The van der Waals surface area contributed by atoms with Gasteiger partial charge in [0.25, 0.3) is 0 Å². The van der Waals surface area contributed by atoms with Crippen LogP contribution in [0.1, 0.15) is 45.1 Å². The van der Waals surface area contributed by atoms with Gasteiger partial charge in [-0.25, -0.2) is 0 Å². The summed E-state index contributed by atoms with van der Waals surface area (Å²) in [7, 11) is 0. The van der Waals surface area contributed by atoms with Crippen molar-refractivity contribution in [2.24, 2.45) is 0 Å². The summed E-state index contributed by atoms with van der Waals surface area (Å²) in [5, 5.41) is 4.85. The smallest absolute Gasteiger partial charge is 0.124 e. The Morgan fingerprint density at radius 2 is 1.96 bits per heavy atom. The van der Waals surface area contributed by atoms with Gasteiger partial charge in [-0.15, -0.1) is 0 Å². The first-order chi connectivity index (χ1) is 12.7. The Bertz CT molecular complexity index is 752. The van der Waals surface area contributed by atoms with Crippen molar-refractivity contribution in [1.82, 2.24) is 9.88 Å². The van der Waals surface area contributed by atoms with Crippen LogP contribution in [0.3, 0.4) is 0 Å². The van der Waals surface area contributed by atoms with Crippen LogP contribution >= 0.6 is 15.9 Å². The minimum Gasteiger partial charge on any atom is -0.381 e. The molecule has 0 bridgehead atoms. The molecule has 140 valence electrons. The van der Waals surface area contributed by atoms with Crippen molar-refractivity contribution in [3.05, 3.63) is 34.4 Å². The van der Waals surface area contributed by atoms with E-state index in [1.807, 2.05) is 18.3 Å². The first kappa shape index (κ1) is 19.3. The van der Waals surface area contributed by atoms with E-state index in [0.29, 0.717) is 18.5 Å². The minimum atomic E-state index is 0.395. The summed E-state index contributed by atoms with van der Waals surface area (Å²) in [6.45, 7) is 6.76. The topological polar surface area (TPSA) is 45.2 Å². The third kappa shape index (κ3) is 4.26. The number of rotatable bonds is 7. The Morgan fingerprint density at radius 1 is 1.23 bits per heavy atom. The molecule has 1 aromatic carbocycles. The molecule has 0 spiro atoms. The molecule has 0 radical (unpaired) electrons. The van der Waals surface area contributed by atoms with E-state index >= 15 is 0 Å². The lowest BCUT2D eigenvalue weighted by Crippen LogP contribution is -2.40. The maximum absolute atomic E-state index is 11.1. The van der Waals surface area contributed by atoms with Crippen molar-refractivity contribution < 1.29 is 4.79 Å². The van der Waals surface area contributed by atoms with Crippen molar-refractivity contribution in [2.75, 3.05) is 18.4 Å². The first-order valence-electron chi connectivity index (χ1n) is 9.67. The Morgan fingerprint density at radius 3 is 2.62 bits per heavy atom. The number of anilines is 1. The highest BCUT2D eigenvalue weighted by Crippen LogP contribution is 2.32. The van der Waals surface area contributed by atoms with Crippen molar-refractivity contribution in [3.8, 4) is 0 Å². The van der Waals surface area contributed by atoms with Crippen molar-refractivity contribution in [2.45, 2.75) is 58.0 Å². The van der Waals surface area contributed by atoms with Crippen LogP contribution in [-0.4, -0.2) is 41.3 Å². The van der Waals surface area contributed by atoms with Crippen LogP contribution in [0.5, 0.6) is 0 Å². The van der Waals surface area contributed by atoms with E-state index in [4.69, 9.17) is 0 Å². The Balaban J connectivity index is 1.81. The summed E-state index contributed by atoms with van der Waals surface area (Å²) in [4.78, 5) is 18.2. The molecule has 1 heterocycles. The van der Waals surface area contributed by atoms with Gasteiger partial charge in [0, 0.05) is 45.8 Å². The highest BCUT2D eigenvalue weighted by molar-refractivity contribution is 9.10. The van der Waals surface area contributed by atoms with Gasteiger partial charge in [0.05, 0.1) is 5.52 Å². The van der Waals surface area contributed by atoms with Crippen LogP contribution in [0.25, 0.3) is 10.9 Å². The Labute approximate surface area is 164 Å². The Kier molecular flexibility index (Phi) is 6.65. The number of carbonyl (C=O) groups excluding carboxylic acids is 1. The summed E-state index contributed by atoms with van der Waals surface area (Å²) in [5.74, 6) is 0. The number of pyridine rings is 1. The van der Waals surface area contributed by atoms with Crippen LogP contribution in [0.2, 0.25) is 0 Å². The number of hydrogen-bond donors (Lipinski definition) is 1. The molecule has 1 aromatic heterocycles. The van der Waals surface area contributed by atoms with Crippen LogP contribution < -0.4 is 5.32 Å². The zero-order valence-corrected chi connectivity index (χ0v) is 17.3. The number of aromatic nitrogens is 1. The number of hydrogen-bond acceptors (Lipinski definition) is 4. The second kappa shape index (κ2) is 8.96. The van der Waals surface area contributed by atoms with E-state index < -0.39 is 0 Å². The maximum Gasteiger partial charge on any atom is 0.124 e. The molecule has 1 aliphatic rings. The van der Waals surface area contributed by atoms with Gasteiger partial charge in [-0.1, -0.05) is 29.8 Å². The molecule has 4 nitrogen and oxygen atoms in total. The second-order valence-electron chi connectivity index (χ2n) is 7.06. The summed E-state index contributed by atoms with van der Waals surface area (Å²) in [6.07, 6.45) is 7.99. The molecule has 1 aliphatic carbocycles. The molecular weight excluding hydrogens is 390 g/mol. The number of nitrogens with one attached hydrogen (secondary N) is 1. The van der Waals surface area contributed by atoms with E-state index in [-0.39, 0.29) is 0 Å². The normalized spacial score (nSPS) is 20.5. The van der Waals surface area contributed by atoms with E-state index in [1.54, 1.807) is 0 Å². The summed E-state index contributed by atoms with van der Waals surface area (Å²) < 4.78 is 1.03. The van der Waals surface area contributed by atoms with Gasteiger partial charge in [0.2, 0.25) is 0 Å². The Hall–Kier alpha value is -1.46. The number of nitrogens with zero attached hydrogens (tertiary/aromatic N) is 2. The van der Waals surface area contributed by atoms with Crippen molar-refractivity contribution >= 4 is 38.8 Å². The summed E-state index contributed by atoms with van der Waals surface area (Å²) in [6, 6.07) is 7.29. The molecule has 1 saturated carbocycles. The van der Waals surface area contributed by atoms with E-state index in [9.17, 15) is 4.79 Å². The third-order valence-electron chi connectivity index (χ3n) is 5.59. The lowest BCUT2D eigenvalue weighted by Gasteiger charge is -2.36. The van der Waals surface area contributed by atoms with Gasteiger partial charge >= 0.3 is 0 Å². The monoisotopic (exact) mass is 417 g/mol. The standard InChI is InChI=1S/C21H28BrN3O/c1-3-25(4-2)18-8-6-17(7-9-18)24-21-15(11-12-26)14-23-20-10-5-16(22)13-19(20)21/h5,10,12-14,17-18H,3-4,6-9,11H2,1-2H3,(H,23,24). The van der Waals surface area contributed by atoms with Gasteiger partial charge < -0.3 is 15.0 Å². The molecule has 0 atom stereocenters. The van der Waals surface area contributed by atoms with Gasteiger partial charge in [-0.2, -0.15) is 0 Å². The molecule has 0 amide bonds. The molecule has 1 N–H and O–H groups in total. The molecule has 1 fully saturated rings. The molecule has 0 saturated heterocycles. The predicted octanol–water partition coefficient (Wildman–Crippen LogP) is 4.80. The highest BCUT2D eigenvalue weighted by Gasteiger charge is 2.25. The van der Waals surface area contributed by atoms with Gasteiger partial charge in [0.15, 0.2) is 0 Å². The maximum atomic E-state index is 11.1. The van der Waals surface area contributed by atoms with E-state index in [0.717, 1.165) is 46.0 Å². The number of halogens is 1. The quantitative estimate of drug-likeness (QED) is 0.656. The SMILES string of the molecule is CCN(CC)C1CCC(Nc2c(CC=O)cnc3ccc(Br)cc23)CC1. The summed E-state index contributed by atoms with van der Waals surface area (Å²) >= 11 is 3.56. The second-order valence-corrected chi connectivity index (χ2v) is 7.98. The molecule has 5 heteroatoms. The largest absolute Gasteiger partial charge is 0.381 e. The molecule has 0 unspecified atom stereocenters. The number of fused-ring (bicyclic) bond motifs is 1. The zero-order chi connectivity index (χ0) is 18.5. The zero-order valence-electron chi connectivity index (χ0n) is 15.7. The lowest BCUT2D eigenvalue weighted by atomic mass is 9.89.